The maximum atomic E-state index is 5.77. The van der Waals surface area contributed by atoms with Gasteiger partial charge in [0.15, 0.2) is 5.82 Å². The molecule has 0 saturated carbocycles. The summed E-state index contributed by atoms with van der Waals surface area (Å²) in [5.41, 5.74) is 5.88. The molecule has 5 nitrogen and oxygen atoms in total. The van der Waals surface area contributed by atoms with Crippen molar-refractivity contribution < 1.29 is 4.52 Å². The van der Waals surface area contributed by atoms with Crippen LogP contribution in [-0.4, -0.2) is 34.7 Å². The van der Waals surface area contributed by atoms with Crippen LogP contribution in [0.25, 0.3) is 0 Å². The molecule has 0 atom stereocenters. The summed E-state index contributed by atoms with van der Waals surface area (Å²) in [6.07, 6.45) is 0. The molecule has 0 amide bonds. The molecule has 0 aliphatic heterocycles. The van der Waals surface area contributed by atoms with E-state index in [1.54, 1.807) is 0 Å². The zero-order valence-corrected chi connectivity index (χ0v) is 12.2. The standard InChI is InChI=1S/C13H26N4O/c1-6-17(9-13(4,5)8-14)7-11-15-12(10(2)3)16-18-11/h10H,6-9,14H2,1-5H3. The van der Waals surface area contributed by atoms with Crippen LogP contribution in [0.2, 0.25) is 0 Å². The molecular weight excluding hydrogens is 228 g/mol. The van der Waals surface area contributed by atoms with Crippen molar-refractivity contribution >= 4 is 0 Å². The molecule has 0 unspecified atom stereocenters. The van der Waals surface area contributed by atoms with Crippen LogP contribution >= 0.6 is 0 Å². The van der Waals surface area contributed by atoms with Gasteiger partial charge >= 0.3 is 0 Å². The van der Waals surface area contributed by atoms with E-state index in [9.17, 15) is 0 Å². The summed E-state index contributed by atoms with van der Waals surface area (Å²) < 4.78 is 5.27. The van der Waals surface area contributed by atoms with Crippen molar-refractivity contribution in [3.63, 3.8) is 0 Å². The van der Waals surface area contributed by atoms with Gasteiger partial charge in [0.2, 0.25) is 5.89 Å². The first-order valence-electron chi connectivity index (χ1n) is 6.63. The van der Waals surface area contributed by atoms with E-state index in [4.69, 9.17) is 10.3 Å². The molecule has 104 valence electrons. The summed E-state index contributed by atoms with van der Waals surface area (Å²) in [4.78, 5) is 6.68. The Balaban J connectivity index is 2.62. The highest BCUT2D eigenvalue weighted by Gasteiger charge is 2.21. The lowest BCUT2D eigenvalue weighted by molar-refractivity contribution is 0.165. The Morgan fingerprint density at radius 1 is 1.39 bits per heavy atom. The van der Waals surface area contributed by atoms with Crippen LogP contribution in [0.4, 0.5) is 0 Å². The Bertz CT molecular complexity index is 360. The number of hydrogen-bond acceptors (Lipinski definition) is 5. The van der Waals surface area contributed by atoms with E-state index < -0.39 is 0 Å². The molecular formula is C13H26N4O. The van der Waals surface area contributed by atoms with Gasteiger partial charge in [0.1, 0.15) is 0 Å². The quantitative estimate of drug-likeness (QED) is 0.806. The van der Waals surface area contributed by atoms with E-state index >= 15 is 0 Å². The summed E-state index contributed by atoms with van der Waals surface area (Å²) in [6.45, 7) is 13.8. The second-order valence-corrected chi connectivity index (χ2v) is 5.87. The van der Waals surface area contributed by atoms with Gasteiger partial charge in [0.05, 0.1) is 6.54 Å². The number of aromatic nitrogens is 2. The van der Waals surface area contributed by atoms with E-state index in [0.29, 0.717) is 24.9 Å². The summed E-state index contributed by atoms with van der Waals surface area (Å²) in [5.74, 6) is 1.77. The number of nitrogens with zero attached hydrogens (tertiary/aromatic N) is 3. The van der Waals surface area contributed by atoms with Gasteiger partial charge < -0.3 is 10.3 Å². The minimum absolute atomic E-state index is 0.108. The highest BCUT2D eigenvalue weighted by molar-refractivity contribution is 4.92. The molecule has 1 aromatic rings. The minimum atomic E-state index is 0.108. The Morgan fingerprint density at radius 3 is 2.50 bits per heavy atom. The van der Waals surface area contributed by atoms with E-state index in [1.165, 1.54) is 0 Å². The van der Waals surface area contributed by atoms with Crippen molar-refractivity contribution in [3.8, 4) is 0 Å². The molecule has 5 heteroatoms. The van der Waals surface area contributed by atoms with Crippen LogP contribution in [0.1, 0.15) is 52.3 Å². The fraction of sp³-hybridized carbons (Fsp3) is 0.846. The molecule has 0 fully saturated rings. The van der Waals surface area contributed by atoms with Gasteiger partial charge in [-0.25, -0.2) is 0 Å². The zero-order valence-electron chi connectivity index (χ0n) is 12.2. The van der Waals surface area contributed by atoms with Crippen molar-refractivity contribution in [2.75, 3.05) is 19.6 Å². The third-order valence-corrected chi connectivity index (χ3v) is 3.01. The molecule has 2 N–H and O–H groups in total. The fourth-order valence-electron chi connectivity index (χ4n) is 1.71. The van der Waals surface area contributed by atoms with Crippen LogP contribution in [0.3, 0.4) is 0 Å². The molecule has 0 aliphatic carbocycles. The minimum Gasteiger partial charge on any atom is -0.338 e. The van der Waals surface area contributed by atoms with Crippen LogP contribution in [-0.2, 0) is 6.54 Å². The average molecular weight is 254 g/mol. The van der Waals surface area contributed by atoms with Crippen LogP contribution in [0, 0.1) is 5.41 Å². The van der Waals surface area contributed by atoms with Crippen molar-refractivity contribution in [2.45, 2.75) is 47.1 Å². The molecule has 0 radical (unpaired) electrons. The maximum absolute atomic E-state index is 5.77. The number of hydrogen-bond donors (Lipinski definition) is 1. The third-order valence-electron chi connectivity index (χ3n) is 3.01. The Kier molecular flexibility index (Phi) is 5.28. The van der Waals surface area contributed by atoms with Crippen molar-refractivity contribution in [1.29, 1.82) is 0 Å². The highest BCUT2D eigenvalue weighted by atomic mass is 16.5. The van der Waals surface area contributed by atoms with Crippen LogP contribution < -0.4 is 5.73 Å². The molecule has 0 spiro atoms. The van der Waals surface area contributed by atoms with E-state index in [2.05, 4.69) is 49.7 Å². The van der Waals surface area contributed by atoms with E-state index in [-0.39, 0.29) is 5.41 Å². The van der Waals surface area contributed by atoms with Gasteiger partial charge in [0.25, 0.3) is 0 Å². The normalized spacial score (nSPS) is 12.7. The van der Waals surface area contributed by atoms with E-state index in [0.717, 1.165) is 18.9 Å². The predicted octanol–water partition coefficient (Wildman–Crippen LogP) is 2.00. The number of rotatable bonds is 7. The summed E-state index contributed by atoms with van der Waals surface area (Å²) in [7, 11) is 0. The molecule has 1 heterocycles. The van der Waals surface area contributed by atoms with E-state index in [1.807, 2.05) is 0 Å². The van der Waals surface area contributed by atoms with Crippen molar-refractivity contribution in [3.05, 3.63) is 11.7 Å². The molecule has 1 aromatic heterocycles. The molecule has 1 rings (SSSR count). The lowest BCUT2D eigenvalue weighted by atomic mass is 9.93. The third kappa shape index (κ3) is 4.38. The fourth-order valence-corrected chi connectivity index (χ4v) is 1.71. The largest absolute Gasteiger partial charge is 0.338 e. The van der Waals surface area contributed by atoms with Crippen LogP contribution in [0.15, 0.2) is 4.52 Å². The van der Waals surface area contributed by atoms with Gasteiger partial charge in [-0.3, -0.25) is 4.90 Å². The Hall–Kier alpha value is -0.940. The smallest absolute Gasteiger partial charge is 0.240 e. The second-order valence-electron chi connectivity index (χ2n) is 5.87. The number of nitrogens with two attached hydrogens (primary N) is 1. The van der Waals surface area contributed by atoms with Gasteiger partial charge in [0, 0.05) is 12.5 Å². The Labute approximate surface area is 110 Å². The first-order valence-corrected chi connectivity index (χ1v) is 6.63. The SMILES string of the molecule is CCN(Cc1nc(C(C)C)no1)CC(C)(C)CN. The molecule has 0 aromatic carbocycles. The summed E-state index contributed by atoms with van der Waals surface area (Å²) in [5, 5.41) is 3.98. The lowest BCUT2D eigenvalue weighted by Crippen LogP contribution is -2.38. The first kappa shape index (κ1) is 15.1. The zero-order chi connectivity index (χ0) is 13.8. The van der Waals surface area contributed by atoms with Gasteiger partial charge in [-0.05, 0) is 18.5 Å². The summed E-state index contributed by atoms with van der Waals surface area (Å²) in [6, 6.07) is 0. The predicted molar refractivity (Wildman–Crippen MR) is 72.2 cm³/mol. The molecule has 0 aliphatic rings. The van der Waals surface area contributed by atoms with Gasteiger partial charge in [-0.2, -0.15) is 4.98 Å². The summed E-state index contributed by atoms with van der Waals surface area (Å²) >= 11 is 0. The van der Waals surface area contributed by atoms with Gasteiger partial charge in [-0.1, -0.05) is 39.8 Å². The molecule has 18 heavy (non-hydrogen) atoms. The van der Waals surface area contributed by atoms with Crippen LogP contribution in [0.5, 0.6) is 0 Å². The average Bonchev–Trinajstić information content (AvgIpc) is 2.76. The second kappa shape index (κ2) is 6.29. The first-order chi connectivity index (χ1) is 8.38. The van der Waals surface area contributed by atoms with Crippen molar-refractivity contribution in [1.82, 2.24) is 15.0 Å². The Morgan fingerprint density at radius 2 is 2.06 bits per heavy atom. The highest BCUT2D eigenvalue weighted by Crippen LogP contribution is 2.17. The molecule has 0 saturated heterocycles. The maximum Gasteiger partial charge on any atom is 0.240 e. The lowest BCUT2D eigenvalue weighted by Gasteiger charge is -2.29. The van der Waals surface area contributed by atoms with Crippen molar-refractivity contribution in [2.24, 2.45) is 11.1 Å². The topological polar surface area (TPSA) is 68.2 Å². The molecule has 0 bridgehead atoms. The monoisotopic (exact) mass is 254 g/mol. The van der Waals surface area contributed by atoms with Gasteiger partial charge in [-0.15, -0.1) is 0 Å².